The second-order valence-corrected chi connectivity index (χ2v) is 8.45. The number of benzene rings is 1. The Balaban J connectivity index is 2.10. The fourth-order valence-electron chi connectivity index (χ4n) is 2.68. The van der Waals surface area contributed by atoms with E-state index in [-0.39, 0.29) is 22.2 Å². The molecule has 1 saturated heterocycles. The van der Waals surface area contributed by atoms with Crippen molar-refractivity contribution in [3.63, 3.8) is 0 Å². The number of halogens is 1. The molecule has 10 heteroatoms. The van der Waals surface area contributed by atoms with Gasteiger partial charge in [0.05, 0.1) is 15.6 Å². The highest BCUT2D eigenvalue weighted by Gasteiger charge is 2.26. The van der Waals surface area contributed by atoms with Gasteiger partial charge in [0.2, 0.25) is 10.0 Å². The molecule has 1 N–H and O–H groups in total. The van der Waals surface area contributed by atoms with Gasteiger partial charge in [-0.1, -0.05) is 24.4 Å². The Morgan fingerprint density at radius 3 is 2.44 bits per heavy atom. The van der Waals surface area contributed by atoms with Crippen molar-refractivity contribution in [1.29, 1.82) is 0 Å². The monoisotopic (exact) mass is 418 g/mol. The molecule has 0 aliphatic carbocycles. The van der Waals surface area contributed by atoms with Crippen molar-refractivity contribution in [2.45, 2.75) is 30.6 Å². The van der Waals surface area contributed by atoms with Gasteiger partial charge in [-0.05, 0) is 31.0 Å². The number of carbonyl (C=O) groups excluding carboxylic acids is 2. The minimum Gasteiger partial charge on any atom is -0.454 e. The number of hydrogen-bond donors (Lipinski definition) is 1. The number of hydrogen-bond acceptors (Lipinski definition) is 6. The lowest BCUT2D eigenvalue weighted by atomic mass is 10.2. The van der Waals surface area contributed by atoms with Crippen LogP contribution in [0.15, 0.2) is 23.1 Å². The van der Waals surface area contributed by atoms with Crippen LogP contribution in [0.2, 0.25) is 5.02 Å². The van der Waals surface area contributed by atoms with Gasteiger partial charge in [-0.15, -0.1) is 0 Å². The molecule has 0 radical (unpaired) electrons. The molecule has 1 aliphatic heterocycles. The number of nitrogens with one attached hydrogen (secondary N) is 1. The zero-order chi connectivity index (χ0) is 19.9. The molecule has 0 spiro atoms. The maximum atomic E-state index is 12.9. The van der Waals surface area contributed by atoms with Gasteiger partial charge in [-0.3, -0.25) is 4.79 Å². The summed E-state index contributed by atoms with van der Waals surface area (Å²) < 4.78 is 36.5. The zero-order valence-corrected chi connectivity index (χ0v) is 16.6. The number of anilines is 1. The van der Waals surface area contributed by atoms with Crippen molar-refractivity contribution in [2.75, 3.05) is 38.7 Å². The van der Waals surface area contributed by atoms with E-state index in [4.69, 9.17) is 16.3 Å². The largest absolute Gasteiger partial charge is 0.454 e. The average Bonchev–Trinajstić information content (AvgIpc) is 2.92. The Labute approximate surface area is 163 Å². The molecule has 0 atom stereocenters. The first-order valence-electron chi connectivity index (χ1n) is 8.58. The van der Waals surface area contributed by atoms with Crippen molar-refractivity contribution < 1.29 is 27.5 Å². The lowest BCUT2D eigenvalue weighted by Crippen LogP contribution is -2.32. The predicted molar refractivity (Wildman–Crippen MR) is 100 cm³/mol. The van der Waals surface area contributed by atoms with E-state index in [0.29, 0.717) is 13.1 Å². The molecular weight excluding hydrogens is 396 g/mol. The summed E-state index contributed by atoms with van der Waals surface area (Å²) >= 11 is 6.06. The van der Waals surface area contributed by atoms with Gasteiger partial charge in [-0.25, -0.2) is 13.2 Å². The van der Waals surface area contributed by atoms with Crippen LogP contribution in [0, 0.1) is 0 Å². The lowest BCUT2D eigenvalue weighted by molar-refractivity contribution is -0.150. The van der Waals surface area contributed by atoms with E-state index in [1.807, 2.05) is 0 Å². The summed E-state index contributed by atoms with van der Waals surface area (Å²) in [6.45, 7) is 0.156. The Kier molecular flexibility index (Phi) is 8.03. The van der Waals surface area contributed by atoms with E-state index in [0.717, 1.165) is 25.7 Å². The summed E-state index contributed by atoms with van der Waals surface area (Å²) in [6.07, 6.45) is 3.66. The molecule has 1 aromatic rings. The normalized spacial score (nSPS) is 15.8. The molecule has 0 aromatic heterocycles. The number of esters is 1. The topological polar surface area (TPSA) is 102 Å². The number of carbonyl (C=O) groups is 2. The third-order valence-corrected chi connectivity index (χ3v) is 6.27. The smallest absolute Gasteiger partial charge is 0.332 e. The molecule has 2 rings (SSSR count). The first kappa shape index (κ1) is 21.6. The minimum atomic E-state index is -3.67. The number of rotatable bonds is 7. The van der Waals surface area contributed by atoms with Crippen LogP contribution in [0.25, 0.3) is 0 Å². The molecule has 0 saturated carbocycles. The molecule has 1 aliphatic rings. The van der Waals surface area contributed by atoms with Crippen LogP contribution in [0.4, 0.5) is 5.69 Å². The Bertz CT molecular complexity index is 776. The fraction of sp³-hybridized carbons (Fsp3) is 0.529. The minimum absolute atomic E-state index is 0.0560. The SMILES string of the molecule is COCC(=O)OCC(=O)Nc1cc(S(=O)(=O)N2CCCCCC2)ccc1Cl. The highest BCUT2D eigenvalue weighted by atomic mass is 35.5. The second-order valence-electron chi connectivity index (χ2n) is 6.10. The molecule has 1 aromatic carbocycles. The number of amides is 1. The van der Waals surface area contributed by atoms with E-state index in [1.165, 1.54) is 29.6 Å². The van der Waals surface area contributed by atoms with Crippen LogP contribution in [0.1, 0.15) is 25.7 Å². The summed E-state index contributed by atoms with van der Waals surface area (Å²) in [4.78, 5) is 23.2. The molecule has 0 bridgehead atoms. The predicted octanol–water partition coefficient (Wildman–Crippen LogP) is 2.03. The molecule has 27 heavy (non-hydrogen) atoms. The van der Waals surface area contributed by atoms with E-state index >= 15 is 0 Å². The van der Waals surface area contributed by atoms with Gasteiger partial charge in [0.1, 0.15) is 6.61 Å². The van der Waals surface area contributed by atoms with Gasteiger partial charge in [0.25, 0.3) is 5.91 Å². The molecule has 1 heterocycles. The van der Waals surface area contributed by atoms with Crippen LogP contribution < -0.4 is 5.32 Å². The van der Waals surface area contributed by atoms with Gasteiger partial charge < -0.3 is 14.8 Å². The molecule has 0 unspecified atom stereocenters. The highest BCUT2D eigenvalue weighted by Crippen LogP contribution is 2.28. The summed E-state index contributed by atoms with van der Waals surface area (Å²) in [6, 6.07) is 4.15. The lowest BCUT2D eigenvalue weighted by Gasteiger charge is -2.20. The summed E-state index contributed by atoms with van der Waals surface area (Å²) in [7, 11) is -2.34. The fourth-order valence-corrected chi connectivity index (χ4v) is 4.39. The van der Waals surface area contributed by atoms with Crippen LogP contribution in [0.5, 0.6) is 0 Å². The van der Waals surface area contributed by atoms with Crippen molar-refractivity contribution in [1.82, 2.24) is 4.31 Å². The van der Waals surface area contributed by atoms with Crippen molar-refractivity contribution >= 4 is 39.2 Å². The van der Waals surface area contributed by atoms with E-state index < -0.39 is 28.5 Å². The molecule has 1 amide bonds. The first-order valence-corrected chi connectivity index (χ1v) is 10.4. The van der Waals surface area contributed by atoms with Crippen LogP contribution in [-0.2, 0) is 29.1 Å². The number of sulfonamides is 1. The van der Waals surface area contributed by atoms with E-state index in [9.17, 15) is 18.0 Å². The third-order valence-electron chi connectivity index (χ3n) is 4.04. The second kappa shape index (κ2) is 10.0. The van der Waals surface area contributed by atoms with Crippen molar-refractivity contribution in [2.24, 2.45) is 0 Å². The van der Waals surface area contributed by atoms with Gasteiger partial charge >= 0.3 is 5.97 Å². The zero-order valence-electron chi connectivity index (χ0n) is 15.1. The highest BCUT2D eigenvalue weighted by molar-refractivity contribution is 7.89. The van der Waals surface area contributed by atoms with Gasteiger partial charge in [0, 0.05) is 20.2 Å². The summed E-state index contributed by atoms with van der Waals surface area (Å²) in [5, 5.41) is 2.65. The van der Waals surface area contributed by atoms with Crippen molar-refractivity contribution in [3.8, 4) is 0 Å². The Morgan fingerprint density at radius 2 is 1.81 bits per heavy atom. The Morgan fingerprint density at radius 1 is 1.15 bits per heavy atom. The first-order chi connectivity index (χ1) is 12.8. The number of ether oxygens (including phenoxy) is 2. The molecule has 150 valence electrons. The quantitative estimate of drug-likeness (QED) is 0.680. The van der Waals surface area contributed by atoms with Gasteiger partial charge in [0.15, 0.2) is 6.61 Å². The Hall–Kier alpha value is -1.68. The maximum absolute atomic E-state index is 12.9. The van der Waals surface area contributed by atoms with E-state index in [1.54, 1.807) is 0 Å². The standard InChI is InChI=1S/C17H23ClN2O6S/c1-25-12-17(22)26-11-16(21)19-15-10-13(6-7-14(15)18)27(23,24)20-8-4-2-3-5-9-20/h6-7,10H,2-5,8-9,11-12H2,1H3,(H,19,21). The number of nitrogens with zero attached hydrogens (tertiary/aromatic N) is 1. The molecule has 1 fully saturated rings. The van der Waals surface area contributed by atoms with Crippen LogP contribution in [-0.4, -0.2) is 58.0 Å². The summed E-state index contributed by atoms with van der Waals surface area (Å²) in [5.74, 6) is -1.32. The van der Waals surface area contributed by atoms with Crippen LogP contribution in [0.3, 0.4) is 0 Å². The molecular formula is C17H23ClN2O6S. The van der Waals surface area contributed by atoms with E-state index in [2.05, 4.69) is 10.1 Å². The summed E-state index contributed by atoms with van der Waals surface area (Å²) in [5.41, 5.74) is 0.139. The third kappa shape index (κ3) is 6.17. The van der Waals surface area contributed by atoms with Gasteiger partial charge in [-0.2, -0.15) is 4.31 Å². The maximum Gasteiger partial charge on any atom is 0.332 e. The average molecular weight is 419 g/mol. The van der Waals surface area contributed by atoms with Crippen LogP contribution >= 0.6 is 11.6 Å². The van der Waals surface area contributed by atoms with Crippen molar-refractivity contribution in [3.05, 3.63) is 23.2 Å². The number of methoxy groups -OCH3 is 1. The molecule has 8 nitrogen and oxygen atoms in total.